The Morgan fingerprint density at radius 3 is 3.06 bits per heavy atom. The molecule has 1 amide bonds. The molecular formula is C12H11BrN2O2. The van der Waals surface area contributed by atoms with Crippen LogP contribution in [0, 0.1) is 0 Å². The monoisotopic (exact) mass is 294 g/mol. The number of nitrogens with one attached hydrogen (secondary N) is 1. The van der Waals surface area contributed by atoms with E-state index in [9.17, 15) is 4.79 Å². The summed E-state index contributed by atoms with van der Waals surface area (Å²) in [6, 6.07) is 5.20. The number of anilines is 1. The van der Waals surface area contributed by atoms with Crippen molar-refractivity contribution in [2.75, 3.05) is 5.32 Å². The van der Waals surface area contributed by atoms with E-state index in [0.29, 0.717) is 23.6 Å². The van der Waals surface area contributed by atoms with Gasteiger partial charge < -0.3 is 9.73 Å². The molecule has 2 heterocycles. The van der Waals surface area contributed by atoms with Gasteiger partial charge in [0.15, 0.2) is 0 Å². The van der Waals surface area contributed by atoms with Gasteiger partial charge in [0.25, 0.3) is 5.91 Å². The molecule has 0 unspecified atom stereocenters. The van der Waals surface area contributed by atoms with Crippen LogP contribution in [-0.4, -0.2) is 10.9 Å². The van der Waals surface area contributed by atoms with Crippen LogP contribution >= 0.6 is 15.9 Å². The zero-order valence-corrected chi connectivity index (χ0v) is 10.8. The van der Waals surface area contributed by atoms with Crippen molar-refractivity contribution >= 4 is 27.7 Å². The molecule has 0 fully saturated rings. The van der Waals surface area contributed by atoms with Gasteiger partial charge in [0.1, 0.15) is 11.6 Å². The number of aromatic nitrogens is 1. The zero-order chi connectivity index (χ0) is 12.3. The summed E-state index contributed by atoms with van der Waals surface area (Å²) in [4.78, 5) is 16.0. The number of furan rings is 1. The van der Waals surface area contributed by atoms with Crippen LogP contribution in [-0.2, 0) is 6.42 Å². The Morgan fingerprint density at radius 1 is 1.53 bits per heavy atom. The van der Waals surface area contributed by atoms with Gasteiger partial charge in [-0.15, -0.1) is 0 Å². The normalized spacial score (nSPS) is 10.2. The van der Waals surface area contributed by atoms with Gasteiger partial charge in [-0.3, -0.25) is 4.79 Å². The summed E-state index contributed by atoms with van der Waals surface area (Å²) < 4.78 is 6.07. The molecule has 1 N–H and O–H groups in total. The fraction of sp³-hybridized carbons (Fsp3) is 0.167. The van der Waals surface area contributed by atoms with Gasteiger partial charge in [0.05, 0.1) is 11.8 Å². The van der Waals surface area contributed by atoms with E-state index in [1.165, 1.54) is 6.26 Å². The summed E-state index contributed by atoms with van der Waals surface area (Å²) in [6.45, 7) is 1.94. The predicted octanol–water partition coefficient (Wildman–Crippen LogP) is 3.25. The van der Waals surface area contributed by atoms with E-state index >= 15 is 0 Å². The Bertz CT molecular complexity index is 537. The van der Waals surface area contributed by atoms with Crippen molar-refractivity contribution in [2.24, 2.45) is 0 Å². The molecular weight excluding hydrogens is 284 g/mol. The number of hydrogen-bond acceptors (Lipinski definition) is 3. The third kappa shape index (κ3) is 2.74. The standard InChI is InChI=1S/C12H11BrN2O2/c1-2-10-9(4-6-17-10)12(16)15-11-7-8(13)3-5-14-11/h3-7H,2H2,1H3,(H,14,15,16). The molecule has 0 aliphatic carbocycles. The maximum Gasteiger partial charge on any atom is 0.260 e. The van der Waals surface area contributed by atoms with Crippen LogP contribution < -0.4 is 5.32 Å². The van der Waals surface area contributed by atoms with Crippen molar-refractivity contribution in [3.05, 3.63) is 46.5 Å². The van der Waals surface area contributed by atoms with E-state index in [1.54, 1.807) is 24.4 Å². The molecule has 2 rings (SSSR count). The molecule has 88 valence electrons. The summed E-state index contributed by atoms with van der Waals surface area (Å²) >= 11 is 3.32. The first kappa shape index (κ1) is 11.9. The number of hydrogen-bond donors (Lipinski definition) is 1. The van der Waals surface area contributed by atoms with Crippen LogP contribution in [0.5, 0.6) is 0 Å². The van der Waals surface area contributed by atoms with Crippen LogP contribution in [0.3, 0.4) is 0 Å². The summed E-state index contributed by atoms with van der Waals surface area (Å²) in [6.07, 6.45) is 3.82. The molecule has 0 aliphatic rings. The third-order valence-corrected chi connectivity index (χ3v) is 2.77. The Balaban J connectivity index is 2.17. The molecule has 0 spiro atoms. The highest BCUT2D eigenvalue weighted by Gasteiger charge is 2.13. The van der Waals surface area contributed by atoms with Gasteiger partial charge in [-0.05, 0) is 18.2 Å². The van der Waals surface area contributed by atoms with Crippen molar-refractivity contribution in [2.45, 2.75) is 13.3 Å². The molecule has 2 aromatic heterocycles. The molecule has 0 aliphatic heterocycles. The minimum absolute atomic E-state index is 0.207. The number of rotatable bonds is 3. The molecule has 4 nitrogen and oxygen atoms in total. The number of nitrogens with zero attached hydrogens (tertiary/aromatic N) is 1. The average Bonchev–Trinajstić information content (AvgIpc) is 2.77. The largest absolute Gasteiger partial charge is 0.469 e. The number of carbonyl (C=O) groups is 1. The number of carbonyl (C=O) groups excluding carboxylic acids is 1. The summed E-state index contributed by atoms with van der Waals surface area (Å²) in [7, 11) is 0. The lowest BCUT2D eigenvalue weighted by atomic mass is 10.2. The average molecular weight is 295 g/mol. The summed E-state index contributed by atoms with van der Waals surface area (Å²) in [5.74, 6) is 0.978. The van der Waals surface area contributed by atoms with Crippen LogP contribution in [0.15, 0.2) is 39.5 Å². The Labute approximate surface area is 107 Å². The number of halogens is 1. The highest BCUT2D eigenvalue weighted by atomic mass is 79.9. The predicted molar refractivity (Wildman–Crippen MR) is 68.0 cm³/mol. The van der Waals surface area contributed by atoms with E-state index < -0.39 is 0 Å². The number of aryl methyl sites for hydroxylation is 1. The van der Waals surface area contributed by atoms with Gasteiger partial charge in [0, 0.05) is 17.1 Å². The van der Waals surface area contributed by atoms with Gasteiger partial charge in [-0.2, -0.15) is 0 Å². The van der Waals surface area contributed by atoms with Crippen LogP contribution in [0.1, 0.15) is 23.0 Å². The second kappa shape index (κ2) is 5.14. The Morgan fingerprint density at radius 2 is 2.35 bits per heavy atom. The maximum atomic E-state index is 11.9. The van der Waals surface area contributed by atoms with E-state index in [0.717, 1.165) is 4.47 Å². The quantitative estimate of drug-likeness (QED) is 0.945. The van der Waals surface area contributed by atoms with Gasteiger partial charge in [-0.1, -0.05) is 22.9 Å². The van der Waals surface area contributed by atoms with Crippen LogP contribution in [0.25, 0.3) is 0 Å². The van der Waals surface area contributed by atoms with E-state index in [2.05, 4.69) is 26.2 Å². The highest BCUT2D eigenvalue weighted by molar-refractivity contribution is 9.10. The molecule has 0 saturated carbocycles. The third-order valence-electron chi connectivity index (χ3n) is 2.27. The first-order valence-electron chi connectivity index (χ1n) is 5.20. The lowest BCUT2D eigenvalue weighted by Crippen LogP contribution is -2.13. The lowest BCUT2D eigenvalue weighted by Gasteiger charge is -2.04. The topological polar surface area (TPSA) is 55.1 Å². The van der Waals surface area contributed by atoms with Crippen molar-refractivity contribution in [3.63, 3.8) is 0 Å². The smallest absolute Gasteiger partial charge is 0.260 e. The minimum Gasteiger partial charge on any atom is -0.469 e. The number of pyridine rings is 1. The van der Waals surface area contributed by atoms with Crippen molar-refractivity contribution in [3.8, 4) is 0 Å². The second-order valence-corrected chi connectivity index (χ2v) is 4.34. The molecule has 0 bridgehead atoms. The molecule has 2 aromatic rings. The minimum atomic E-state index is -0.207. The molecule has 0 saturated heterocycles. The van der Waals surface area contributed by atoms with E-state index in [4.69, 9.17) is 4.42 Å². The first-order valence-corrected chi connectivity index (χ1v) is 5.99. The van der Waals surface area contributed by atoms with Crippen molar-refractivity contribution in [1.29, 1.82) is 0 Å². The molecule has 5 heteroatoms. The van der Waals surface area contributed by atoms with Crippen molar-refractivity contribution < 1.29 is 9.21 Å². The molecule has 0 radical (unpaired) electrons. The van der Waals surface area contributed by atoms with Gasteiger partial charge >= 0.3 is 0 Å². The summed E-state index contributed by atoms with van der Waals surface area (Å²) in [5.41, 5.74) is 0.550. The molecule has 17 heavy (non-hydrogen) atoms. The summed E-state index contributed by atoms with van der Waals surface area (Å²) in [5, 5.41) is 2.72. The van der Waals surface area contributed by atoms with E-state index in [1.807, 2.05) is 6.92 Å². The first-order chi connectivity index (χ1) is 8.20. The SMILES string of the molecule is CCc1occc1C(=O)Nc1cc(Br)ccn1. The van der Waals surface area contributed by atoms with Gasteiger partial charge in [-0.25, -0.2) is 4.98 Å². The van der Waals surface area contributed by atoms with Crippen LogP contribution in [0.2, 0.25) is 0 Å². The highest BCUT2D eigenvalue weighted by Crippen LogP contribution is 2.16. The van der Waals surface area contributed by atoms with Crippen LogP contribution in [0.4, 0.5) is 5.82 Å². The Hall–Kier alpha value is -1.62. The molecule has 0 atom stereocenters. The fourth-order valence-corrected chi connectivity index (χ4v) is 1.81. The van der Waals surface area contributed by atoms with E-state index in [-0.39, 0.29) is 5.91 Å². The zero-order valence-electron chi connectivity index (χ0n) is 9.24. The second-order valence-electron chi connectivity index (χ2n) is 3.42. The number of amides is 1. The van der Waals surface area contributed by atoms with Crippen molar-refractivity contribution in [1.82, 2.24) is 4.98 Å². The molecule has 0 aromatic carbocycles. The lowest BCUT2D eigenvalue weighted by molar-refractivity contribution is 0.102. The fourth-order valence-electron chi connectivity index (χ4n) is 1.47. The van der Waals surface area contributed by atoms with Gasteiger partial charge in [0.2, 0.25) is 0 Å². The Kier molecular flexibility index (Phi) is 3.58. The maximum absolute atomic E-state index is 11.9.